The molecule has 17 heavy (non-hydrogen) atoms. The summed E-state index contributed by atoms with van der Waals surface area (Å²) in [6, 6.07) is 3.39. The van der Waals surface area contributed by atoms with Crippen LogP contribution in [0.5, 0.6) is 5.75 Å². The summed E-state index contributed by atoms with van der Waals surface area (Å²) in [5, 5.41) is 0. The number of esters is 1. The largest absolute Gasteiger partial charge is 0.495 e. The molecule has 94 valence electrons. The van der Waals surface area contributed by atoms with Crippen LogP contribution < -0.4 is 10.5 Å². The number of hydrogen-bond donors (Lipinski definition) is 1. The lowest BCUT2D eigenvalue weighted by atomic mass is 10.1. The molecule has 0 aliphatic heterocycles. The molecule has 5 heteroatoms. The van der Waals surface area contributed by atoms with Gasteiger partial charge in [-0.15, -0.1) is 0 Å². The number of nitrogen functional groups attached to an aromatic ring is 1. The molecule has 0 bridgehead atoms. The normalized spacial score (nSPS) is 11.1. The summed E-state index contributed by atoms with van der Waals surface area (Å²) in [6.45, 7) is 5.40. The molecule has 1 aromatic carbocycles. The molecule has 0 saturated heterocycles. The van der Waals surface area contributed by atoms with Crippen LogP contribution in [0.25, 0.3) is 0 Å². The SMILES string of the molecule is COc1ccc(Br)c(C(=O)OC(C)(C)C)c1N. The van der Waals surface area contributed by atoms with E-state index in [2.05, 4.69) is 15.9 Å². The Hall–Kier alpha value is -1.23. The van der Waals surface area contributed by atoms with Gasteiger partial charge in [0.1, 0.15) is 16.9 Å². The Labute approximate surface area is 109 Å². The number of halogens is 1. The van der Waals surface area contributed by atoms with Crippen LogP contribution in [0.15, 0.2) is 16.6 Å². The zero-order valence-corrected chi connectivity index (χ0v) is 11.9. The number of carbonyl (C=O) groups is 1. The summed E-state index contributed by atoms with van der Waals surface area (Å²) in [7, 11) is 1.50. The van der Waals surface area contributed by atoms with E-state index in [1.165, 1.54) is 7.11 Å². The van der Waals surface area contributed by atoms with Crippen molar-refractivity contribution < 1.29 is 14.3 Å². The molecule has 0 fully saturated rings. The highest BCUT2D eigenvalue weighted by Crippen LogP contribution is 2.32. The molecule has 0 heterocycles. The number of nitrogens with two attached hydrogens (primary N) is 1. The van der Waals surface area contributed by atoms with Crippen molar-refractivity contribution in [3.63, 3.8) is 0 Å². The number of methoxy groups -OCH3 is 1. The van der Waals surface area contributed by atoms with Crippen LogP contribution in [0.2, 0.25) is 0 Å². The van der Waals surface area contributed by atoms with Crippen LogP contribution in [0, 0.1) is 0 Å². The van der Waals surface area contributed by atoms with Crippen LogP contribution in [-0.4, -0.2) is 18.7 Å². The van der Waals surface area contributed by atoms with Gasteiger partial charge in [-0.2, -0.15) is 0 Å². The van der Waals surface area contributed by atoms with Crippen molar-refractivity contribution in [1.29, 1.82) is 0 Å². The van der Waals surface area contributed by atoms with Gasteiger partial charge in [0.2, 0.25) is 0 Å². The maximum atomic E-state index is 12.0. The van der Waals surface area contributed by atoms with E-state index < -0.39 is 11.6 Å². The highest BCUT2D eigenvalue weighted by atomic mass is 79.9. The summed E-state index contributed by atoms with van der Waals surface area (Å²) in [5.74, 6) is -0.0187. The number of ether oxygens (including phenoxy) is 2. The minimum atomic E-state index is -0.563. The monoisotopic (exact) mass is 301 g/mol. The third kappa shape index (κ3) is 3.36. The minimum absolute atomic E-state index is 0.274. The molecule has 0 spiro atoms. The first-order chi connectivity index (χ1) is 7.76. The first-order valence-electron chi connectivity index (χ1n) is 5.11. The molecule has 0 saturated carbocycles. The van der Waals surface area contributed by atoms with Crippen molar-refractivity contribution in [3.05, 3.63) is 22.2 Å². The van der Waals surface area contributed by atoms with Gasteiger partial charge >= 0.3 is 5.97 Å². The zero-order chi connectivity index (χ0) is 13.2. The van der Waals surface area contributed by atoms with E-state index >= 15 is 0 Å². The van der Waals surface area contributed by atoms with Gasteiger partial charge in [-0.25, -0.2) is 4.79 Å². The van der Waals surface area contributed by atoms with Gasteiger partial charge in [0, 0.05) is 4.47 Å². The molecular weight excluding hydrogens is 286 g/mol. The van der Waals surface area contributed by atoms with Gasteiger partial charge in [-0.05, 0) is 48.8 Å². The Morgan fingerprint density at radius 2 is 1.94 bits per heavy atom. The van der Waals surface area contributed by atoms with E-state index in [-0.39, 0.29) is 5.69 Å². The molecule has 0 aromatic heterocycles. The van der Waals surface area contributed by atoms with Crippen LogP contribution >= 0.6 is 15.9 Å². The highest BCUT2D eigenvalue weighted by Gasteiger charge is 2.23. The maximum Gasteiger partial charge on any atom is 0.342 e. The molecule has 0 aliphatic rings. The standard InChI is InChI=1S/C12H16BrNO3/c1-12(2,3)17-11(15)9-7(13)5-6-8(16-4)10(9)14/h5-6H,14H2,1-4H3. The quantitative estimate of drug-likeness (QED) is 0.674. The average molecular weight is 302 g/mol. The maximum absolute atomic E-state index is 12.0. The summed E-state index contributed by atoms with van der Waals surface area (Å²) in [5.41, 5.74) is 5.86. The smallest absolute Gasteiger partial charge is 0.342 e. The van der Waals surface area contributed by atoms with Crippen molar-refractivity contribution in [2.45, 2.75) is 26.4 Å². The number of benzene rings is 1. The summed E-state index contributed by atoms with van der Waals surface area (Å²) >= 11 is 3.28. The number of anilines is 1. The number of hydrogen-bond acceptors (Lipinski definition) is 4. The topological polar surface area (TPSA) is 61.5 Å². The first-order valence-corrected chi connectivity index (χ1v) is 5.91. The van der Waals surface area contributed by atoms with Crippen molar-refractivity contribution >= 4 is 27.6 Å². The van der Waals surface area contributed by atoms with E-state index in [1.807, 2.05) is 0 Å². The van der Waals surface area contributed by atoms with Gasteiger partial charge in [0.15, 0.2) is 0 Å². The molecule has 1 aromatic rings. The van der Waals surface area contributed by atoms with Gasteiger partial charge in [0.25, 0.3) is 0 Å². The molecule has 1 rings (SSSR count). The Morgan fingerprint density at radius 3 is 2.41 bits per heavy atom. The molecular formula is C12H16BrNO3. The van der Waals surface area contributed by atoms with Crippen LogP contribution in [0.1, 0.15) is 31.1 Å². The fraction of sp³-hybridized carbons (Fsp3) is 0.417. The van der Waals surface area contributed by atoms with Crippen molar-refractivity contribution in [2.75, 3.05) is 12.8 Å². The second-order valence-corrected chi connectivity index (χ2v) is 5.39. The van der Waals surface area contributed by atoms with Crippen LogP contribution in [-0.2, 0) is 4.74 Å². The highest BCUT2D eigenvalue weighted by molar-refractivity contribution is 9.10. The van der Waals surface area contributed by atoms with E-state index in [0.717, 1.165) is 0 Å². The molecule has 4 nitrogen and oxygen atoms in total. The predicted molar refractivity (Wildman–Crippen MR) is 70.3 cm³/mol. The second kappa shape index (κ2) is 4.96. The Balaban J connectivity index is 3.17. The lowest BCUT2D eigenvalue weighted by molar-refractivity contribution is 0.00695. The van der Waals surface area contributed by atoms with Gasteiger partial charge in [-0.1, -0.05) is 0 Å². The van der Waals surface area contributed by atoms with Crippen LogP contribution in [0.3, 0.4) is 0 Å². The van der Waals surface area contributed by atoms with E-state index in [0.29, 0.717) is 15.8 Å². The van der Waals surface area contributed by atoms with E-state index in [1.54, 1.807) is 32.9 Å². The molecule has 0 aliphatic carbocycles. The van der Waals surface area contributed by atoms with Crippen molar-refractivity contribution in [2.24, 2.45) is 0 Å². The van der Waals surface area contributed by atoms with Crippen molar-refractivity contribution in [3.8, 4) is 5.75 Å². The lowest BCUT2D eigenvalue weighted by Crippen LogP contribution is -2.24. The molecule has 2 N–H and O–H groups in total. The third-order valence-electron chi connectivity index (χ3n) is 1.98. The second-order valence-electron chi connectivity index (χ2n) is 4.54. The summed E-state index contributed by atoms with van der Waals surface area (Å²) < 4.78 is 10.9. The first kappa shape index (κ1) is 13.8. The minimum Gasteiger partial charge on any atom is -0.495 e. The zero-order valence-electron chi connectivity index (χ0n) is 10.3. The van der Waals surface area contributed by atoms with Crippen molar-refractivity contribution in [1.82, 2.24) is 0 Å². The number of carbonyl (C=O) groups excluding carboxylic acids is 1. The van der Waals surface area contributed by atoms with Gasteiger partial charge in [0.05, 0.1) is 12.8 Å². The number of rotatable bonds is 2. The molecule has 0 unspecified atom stereocenters. The van der Waals surface area contributed by atoms with Gasteiger partial charge in [-0.3, -0.25) is 0 Å². The van der Waals surface area contributed by atoms with E-state index in [9.17, 15) is 4.79 Å². The summed E-state index contributed by atoms with van der Waals surface area (Å²) in [6.07, 6.45) is 0. The average Bonchev–Trinajstić information content (AvgIpc) is 2.15. The van der Waals surface area contributed by atoms with E-state index in [4.69, 9.17) is 15.2 Å². The molecule has 0 amide bonds. The Kier molecular flexibility index (Phi) is 4.03. The lowest BCUT2D eigenvalue weighted by Gasteiger charge is -2.21. The fourth-order valence-corrected chi connectivity index (χ4v) is 1.80. The molecule has 0 atom stereocenters. The third-order valence-corrected chi connectivity index (χ3v) is 2.64. The Morgan fingerprint density at radius 1 is 1.35 bits per heavy atom. The Bertz CT molecular complexity index is 438. The van der Waals surface area contributed by atoms with Gasteiger partial charge < -0.3 is 15.2 Å². The predicted octanol–water partition coefficient (Wildman–Crippen LogP) is 3.00. The molecule has 0 radical (unpaired) electrons. The van der Waals surface area contributed by atoms with Crippen LogP contribution in [0.4, 0.5) is 5.69 Å². The summed E-state index contributed by atoms with van der Waals surface area (Å²) in [4.78, 5) is 12.0. The fourth-order valence-electron chi connectivity index (χ4n) is 1.29.